The van der Waals surface area contributed by atoms with Crippen molar-refractivity contribution in [3.63, 3.8) is 0 Å². The summed E-state index contributed by atoms with van der Waals surface area (Å²) in [5, 5.41) is 7.18. The fourth-order valence-electron chi connectivity index (χ4n) is 3.83. The zero-order valence-electron chi connectivity index (χ0n) is 17.7. The first-order chi connectivity index (χ1) is 16.1. The lowest BCUT2D eigenvalue weighted by atomic mass is 9.99. The lowest BCUT2D eigenvalue weighted by Gasteiger charge is -2.19. The second-order valence-electron chi connectivity index (χ2n) is 7.51. The molecule has 0 spiro atoms. The van der Waals surface area contributed by atoms with Crippen molar-refractivity contribution in [3.05, 3.63) is 83.8 Å². The maximum Gasteiger partial charge on any atom is 0.259 e. The van der Waals surface area contributed by atoms with Gasteiger partial charge in [0.2, 0.25) is 0 Å². The second kappa shape index (κ2) is 8.05. The maximum absolute atomic E-state index is 13.2. The van der Waals surface area contributed by atoms with Gasteiger partial charge in [-0.3, -0.25) is 9.78 Å². The Hall–Kier alpha value is -4.77. The number of anilines is 1. The van der Waals surface area contributed by atoms with Gasteiger partial charge in [0.1, 0.15) is 11.1 Å². The van der Waals surface area contributed by atoms with Gasteiger partial charge in [-0.15, -0.1) is 11.5 Å². The number of nitrogens with one attached hydrogen (secondary N) is 1. The minimum atomic E-state index is -0.418. The van der Waals surface area contributed by atoms with Crippen LogP contribution in [0.25, 0.3) is 27.9 Å². The molecule has 0 bridgehead atoms. The van der Waals surface area contributed by atoms with E-state index >= 15 is 0 Å². The number of hydrogen-bond donors (Lipinski definition) is 2. The third kappa shape index (κ3) is 3.51. The molecule has 5 aromatic rings. The molecule has 0 aliphatic rings. The number of carbonyl (C=O) groups excluding carboxylic acids is 1. The zero-order valence-corrected chi connectivity index (χ0v) is 17.7. The first-order valence-electron chi connectivity index (χ1n) is 10.3. The van der Waals surface area contributed by atoms with Crippen LogP contribution in [0.2, 0.25) is 0 Å². The van der Waals surface area contributed by atoms with Crippen LogP contribution >= 0.6 is 0 Å². The average Bonchev–Trinajstić information content (AvgIpc) is 3.19. The van der Waals surface area contributed by atoms with Crippen LogP contribution in [0.5, 0.6) is 0 Å². The molecule has 8 heteroatoms. The highest BCUT2D eigenvalue weighted by molar-refractivity contribution is 6.04. The molecule has 0 saturated carbocycles. The fourth-order valence-corrected chi connectivity index (χ4v) is 3.83. The molecular weight excluding hydrogens is 414 g/mol. The molecule has 33 heavy (non-hydrogen) atoms. The fraction of sp³-hybridized carbons (Fsp3) is 0.0800. The molecule has 160 valence electrons. The molecule has 1 aromatic carbocycles. The van der Waals surface area contributed by atoms with Crippen molar-refractivity contribution in [2.75, 3.05) is 5.73 Å². The Bertz CT molecular complexity index is 1550. The molecule has 5 rings (SSSR count). The summed E-state index contributed by atoms with van der Waals surface area (Å²) in [5.41, 5.74) is 11.0. The maximum atomic E-state index is 13.2. The number of nitrogens with zero attached hydrogens (tertiary/aromatic N) is 5. The predicted molar refractivity (Wildman–Crippen MR) is 126 cm³/mol. The highest BCUT2D eigenvalue weighted by atomic mass is 16.1. The van der Waals surface area contributed by atoms with Gasteiger partial charge in [-0.2, -0.15) is 0 Å². The van der Waals surface area contributed by atoms with E-state index in [-0.39, 0.29) is 17.3 Å². The van der Waals surface area contributed by atoms with Crippen molar-refractivity contribution in [2.24, 2.45) is 0 Å². The number of benzene rings is 1. The number of hydrogen-bond acceptors (Lipinski definition) is 6. The minimum Gasteiger partial charge on any atom is -0.381 e. The van der Waals surface area contributed by atoms with Crippen LogP contribution < -0.4 is 11.1 Å². The molecule has 1 atom stereocenters. The Morgan fingerprint density at radius 1 is 1.15 bits per heavy atom. The van der Waals surface area contributed by atoms with E-state index in [4.69, 9.17) is 17.1 Å². The van der Waals surface area contributed by atoms with E-state index in [1.165, 1.54) is 4.52 Å². The average molecular weight is 433 g/mol. The van der Waals surface area contributed by atoms with Gasteiger partial charge in [-0.05, 0) is 25.1 Å². The Morgan fingerprint density at radius 3 is 2.76 bits per heavy atom. The Kier molecular flexibility index (Phi) is 4.92. The molecule has 0 fully saturated rings. The summed E-state index contributed by atoms with van der Waals surface area (Å²) < 4.78 is 1.48. The molecular formula is C25H19N7O. The Morgan fingerprint density at radius 2 is 1.97 bits per heavy atom. The number of terminal acetylenes is 1. The predicted octanol–water partition coefficient (Wildman–Crippen LogP) is 3.39. The van der Waals surface area contributed by atoms with Crippen LogP contribution in [-0.4, -0.2) is 30.5 Å². The van der Waals surface area contributed by atoms with E-state index in [2.05, 4.69) is 26.3 Å². The largest absolute Gasteiger partial charge is 0.381 e. The number of carbonyl (C=O) groups is 1. The van der Waals surface area contributed by atoms with Gasteiger partial charge in [0, 0.05) is 29.7 Å². The van der Waals surface area contributed by atoms with Crippen molar-refractivity contribution < 1.29 is 4.79 Å². The Balaban J connectivity index is 1.60. The van der Waals surface area contributed by atoms with E-state index in [0.717, 1.165) is 11.1 Å². The third-order valence-corrected chi connectivity index (χ3v) is 5.41. The van der Waals surface area contributed by atoms with Crippen molar-refractivity contribution in [3.8, 4) is 23.6 Å². The van der Waals surface area contributed by atoms with E-state index in [1.807, 2.05) is 43.3 Å². The first-order valence-corrected chi connectivity index (χ1v) is 10.3. The van der Waals surface area contributed by atoms with Crippen LogP contribution in [0.15, 0.2) is 67.1 Å². The summed E-state index contributed by atoms with van der Waals surface area (Å²) >= 11 is 0. The van der Waals surface area contributed by atoms with Gasteiger partial charge in [0.15, 0.2) is 11.5 Å². The topological polar surface area (TPSA) is 111 Å². The number of pyridine rings is 2. The van der Waals surface area contributed by atoms with Crippen molar-refractivity contribution in [1.29, 1.82) is 0 Å². The van der Waals surface area contributed by atoms with Crippen LogP contribution in [0.1, 0.15) is 34.5 Å². The van der Waals surface area contributed by atoms with Gasteiger partial charge < -0.3 is 11.1 Å². The first kappa shape index (κ1) is 20.2. The van der Waals surface area contributed by atoms with Crippen molar-refractivity contribution >= 4 is 28.4 Å². The molecule has 3 N–H and O–H groups in total. The number of rotatable bonds is 4. The molecule has 0 aliphatic heterocycles. The van der Waals surface area contributed by atoms with Gasteiger partial charge in [-0.1, -0.05) is 36.3 Å². The quantitative estimate of drug-likeness (QED) is 0.420. The zero-order chi connectivity index (χ0) is 22.9. The summed E-state index contributed by atoms with van der Waals surface area (Å²) in [6.45, 7) is 1.88. The van der Waals surface area contributed by atoms with E-state index < -0.39 is 6.04 Å². The van der Waals surface area contributed by atoms with Crippen LogP contribution in [-0.2, 0) is 0 Å². The monoisotopic (exact) mass is 433 g/mol. The number of amides is 1. The van der Waals surface area contributed by atoms with Crippen LogP contribution in [0, 0.1) is 12.3 Å². The molecule has 0 unspecified atom stereocenters. The summed E-state index contributed by atoms with van der Waals surface area (Å²) in [6.07, 6.45) is 10.6. The van der Waals surface area contributed by atoms with Gasteiger partial charge in [-0.25, -0.2) is 14.5 Å². The summed E-state index contributed by atoms with van der Waals surface area (Å²) in [5.74, 6) is 2.40. The molecule has 0 aliphatic carbocycles. The smallest absolute Gasteiger partial charge is 0.259 e. The standard InChI is InChI=1S/C25H19N7O/c1-3-16-10-12-27-19-14-18(21(30-22(16)19)17-8-5-4-6-9-17)15(2)29-25(33)20-23(26)31-32-13-7-11-28-24(20)32/h1,4-15H,2H3,(H2,26,31)(H,29,33)/t15-/m0/s1. The molecule has 1 amide bonds. The highest BCUT2D eigenvalue weighted by Gasteiger charge is 2.23. The Labute approximate surface area is 189 Å². The lowest BCUT2D eigenvalue weighted by Crippen LogP contribution is -2.28. The molecule has 4 heterocycles. The van der Waals surface area contributed by atoms with Crippen molar-refractivity contribution in [2.45, 2.75) is 13.0 Å². The van der Waals surface area contributed by atoms with E-state index in [9.17, 15) is 4.79 Å². The van der Waals surface area contributed by atoms with Gasteiger partial charge >= 0.3 is 0 Å². The van der Waals surface area contributed by atoms with Gasteiger partial charge in [0.25, 0.3) is 5.91 Å². The SMILES string of the molecule is C#Cc1ccnc2cc([C@H](C)NC(=O)c3c(N)nn4cccnc34)c(-c3ccccc3)nc12. The molecule has 0 saturated heterocycles. The molecule has 4 aromatic heterocycles. The van der Waals surface area contributed by atoms with Crippen LogP contribution in [0.3, 0.4) is 0 Å². The highest BCUT2D eigenvalue weighted by Crippen LogP contribution is 2.30. The summed E-state index contributed by atoms with van der Waals surface area (Å²) in [4.78, 5) is 26.7. The second-order valence-corrected chi connectivity index (χ2v) is 7.51. The van der Waals surface area contributed by atoms with E-state index in [0.29, 0.717) is 27.9 Å². The number of fused-ring (bicyclic) bond motifs is 2. The van der Waals surface area contributed by atoms with E-state index in [1.54, 1.807) is 30.7 Å². The number of nitrogens with two attached hydrogens (primary N) is 1. The minimum absolute atomic E-state index is 0.110. The van der Waals surface area contributed by atoms with Crippen molar-refractivity contribution in [1.82, 2.24) is 29.9 Å². The molecule has 0 radical (unpaired) electrons. The molecule has 8 nitrogen and oxygen atoms in total. The lowest BCUT2D eigenvalue weighted by molar-refractivity contribution is 0.0942. The van der Waals surface area contributed by atoms with Crippen LogP contribution in [0.4, 0.5) is 5.82 Å². The van der Waals surface area contributed by atoms with Gasteiger partial charge in [0.05, 0.1) is 22.8 Å². The normalized spacial score (nSPS) is 11.9. The third-order valence-electron chi connectivity index (χ3n) is 5.41. The number of aromatic nitrogens is 5. The summed E-state index contributed by atoms with van der Waals surface area (Å²) in [6, 6.07) is 14.7. The summed E-state index contributed by atoms with van der Waals surface area (Å²) in [7, 11) is 0. The number of nitrogen functional groups attached to an aromatic ring is 1.